The van der Waals surface area contributed by atoms with E-state index in [0.717, 1.165) is 16.9 Å². The first-order valence-electron chi connectivity index (χ1n) is 11.2. The van der Waals surface area contributed by atoms with Gasteiger partial charge in [0.2, 0.25) is 0 Å². The molecule has 7 heteroatoms. The van der Waals surface area contributed by atoms with Crippen LogP contribution in [0, 0.1) is 0 Å². The lowest BCUT2D eigenvalue weighted by molar-refractivity contribution is -0.132. The zero-order valence-corrected chi connectivity index (χ0v) is 19.1. The summed E-state index contributed by atoms with van der Waals surface area (Å²) in [7, 11) is 3.40. The molecule has 2 heterocycles. The Hall–Kier alpha value is -4.00. The molecule has 1 saturated heterocycles. The second kappa shape index (κ2) is 9.09. The van der Waals surface area contributed by atoms with Crippen molar-refractivity contribution >= 4 is 11.8 Å². The lowest BCUT2D eigenvalue weighted by Crippen LogP contribution is -2.44. The van der Waals surface area contributed by atoms with Crippen LogP contribution in [-0.4, -0.2) is 67.6 Å². The first kappa shape index (κ1) is 21.8. The lowest BCUT2D eigenvalue weighted by atomic mass is 10.0. The second-order valence-electron chi connectivity index (χ2n) is 8.48. The molecule has 0 radical (unpaired) electrons. The molecular formula is C27H26N2O5. The number of likely N-dealkylation sites (tertiary alicyclic amines) is 1. The Bertz CT molecular complexity index is 1210. The summed E-state index contributed by atoms with van der Waals surface area (Å²) in [5, 5.41) is 0. The van der Waals surface area contributed by atoms with E-state index in [-0.39, 0.29) is 30.6 Å². The van der Waals surface area contributed by atoms with Crippen molar-refractivity contribution in [3.8, 4) is 28.4 Å². The van der Waals surface area contributed by atoms with E-state index in [1.807, 2.05) is 66.7 Å². The van der Waals surface area contributed by atoms with Gasteiger partial charge in [-0.25, -0.2) is 0 Å². The summed E-state index contributed by atoms with van der Waals surface area (Å²) in [6.45, 7) is 0.737. The Labute approximate surface area is 198 Å². The highest BCUT2D eigenvalue weighted by Gasteiger charge is 2.43. The molecular weight excluding hydrogens is 432 g/mol. The van der Waals surface area contributed by atoms with Gasteiger partial charge in [0.1, 0.15) is 23.4 Å². The molecule has 0 aliphatic carbocycles. The van der Waals surface area contributed by atoms with E-state index in [9.17, 15) is 9.59 Å². The summed E-state index contributed by atoms with van der Waals surface area (Å²) in [6, 6.07) is 22.4. The number of hydrogen-bond acceptors (Lipinski definition) is 5. The fourth-order valence-electron chi connectivity index (χ4n) is 4.48. The molecule has 5 rings (SSSR count). The number of methoxy groups -OCH3 is 1. The van der Waals surface area contributed by atoms with Gasteiger partial charge in [-0.3, -0.25) is 9.59 Å². The average molecular weight is 459 g/mol. The average Bonchev–Trinajstić information content (AvgIpc) is 3.27. The van der Waals surface area contributed by atoms with E-state index in [2.05, 4.69) is 0 Å². The molecule has 2 amide bonds. The maximum atomic E-state index is 13.2. The quantitative estimate of drug-likeness (QED) is 0.586. The molecule has 7 nitrogen and oxygen atoms in total. The van der Waals surface area contributed by atoms with Gasteiger partial charge in [-0.05, 0) is 47.5 Å². The van der Waals surface area contributed by atoms with Crippen LogP contribution in [0.25, 0.3) is 11.1 Å². The fraction of sp³-hybridized carbons (Fsp3) is 0.259. The molecule has 174 valence electrons. The van der Waals surface area contributed by atoms with Gasteiger partial charge in [0.15, 0.2) is 6.61 Å². The molecule has 34 heavy (non-hydrogen) atoms. The van der Waals surface area contributed by atoms with Crippen LogP contribution in [-0.2, 0) is 4.79 Å². The zero-order chi connectivity index (χ0) is 23.7. The maximum Gasteiger partial charge on any atom is 0.260 e. The minimum Gasteiger partial charge on any atom is -0.497 e. The number of fused-ring (bicyclic) bond motifs is 2. The van der Waals surface area contributed by atoms with Gasteiger partial charge in [-0.15, -0.1) is 0 Å². The van der Waals surface area contributed by atoms with E-state index in [4.69, 9.17) is 14.2 Å². The summed E-state index contributed by atoms with van der Waals surface area (Å²) in [5.41, 5.74) is 2.41. The number of carbonyl (C=O) groups excluding carboxylic acids is 2. The molecule has 0 N–H and O–H groups in total. The predicted molar refractivity (Wildman–Crippen MR) is 127 cm³/mol. The third-order valence-corrected chi connectivity index (χ3v) is 6.41. The molecule has 2 atom stereocenters. The fourth-order valence-corrected chi connectivity index (χ4v) is 4.48. The van der Waals surface area contributed by atoms with E-state index < -0.39 is 0 Å². The Morgan fingerprint density at radius 1 is 0.971 bits per heavy atom. The molecule has 2 unspecified atom stereocenters. The van der Waals surface area contributed by atoms with E-state index in [0.29, 0.717) is 30.2 Å². The molecule has 0 spiro atoms. The molecule has 3 aromatic carbocycles. The highest BCUT2D eigenvalue weighted by molar-refractivity contribution is 5.98. The normalized spacial score (nSPS) is 19.1. The Morgan fingerprint density at radius 3 is 2.53 bits per heavy atom. The first-order valence-corrected chi connectivity index (χ1v) is 11.2. The smallest absolute Gasteiger partial charge is 0.260 e. The van der Waals surface area contributed by atoms with Gasteiger partial charge in [-0.2, -0.15) is 0 Å². The second-order valence-corrected chi connectivity index (χ2v) is 8.48. The van der Waals surface area contributed by atoms with Gasteiger partial charge < -0.3 is 24.0 Å². The van der Waals surface area contributed by atoms with Crippen LogP contribution in [0.2, 0.25) is 0 Å². The predicted octanol–water partition coefficient (Wildman–Crippen LogP) is 3.49. The summed E-state index contributed by atoms with van der Waals surface area (Å²) in [6.07, 6.45) is -0.323. The minimum atomic E-state index is -0.323. The van der Waals surface area contributed by atoms with Gasteiger partial charge in [0.25, 0.3) is 11.8 Å². The highest BCUT2D eigenvalue weighted by atomic mass is 16.5. The van der Waals surface area contributed by atoms with Gasteiger partial charge >= 0.3 is 0 Å². The summed E-state index contributed by atoms with van der Waals surface area (Å²) in [5.74, 6) is 1.68. The van der Waals surface area contributed by atoms with Crippen molar-refractivity contribution in [3.63, 3.8) is 0 Å². The maximum absolute atomic E-state index is 13.2. The Kier molecular flexibility index (Phi) is 5.84. The number of nitrogens with zero attached hydrogens (tertiary/aromatic N) is 2. The van der Waals surface area contributed by atoms with Crippen molar-refractivity contribution in [2.45, 2.75) is 12.1 Å². The van der Waals surface area contributed by atoms with Gasteiger partial charge in [0.05, 0.1) is 25.3 Å². The summed E-state index contributed by atoms with van der Waals surface area (Å²) in [4.78, 5) is 29.4. The number of amides is 2. The molecule has 2 aliphatic rings. The topological polar surface area (TPSA) is 68.3 Å². The SMILES string of the molecule is COc1cccc(-c2ccc3c(c2)OC2CN(C(=O)COc4ccccc4)CC2N(C)C3=O)c1. The molecule has 1 fully saturated rings. The number of hydrogen-bond donors (Lipinski definition) is 0. The van der Waals surface area contributed by atoms with E-state index in [1.165, 1.54) is 0 Å². The van der Waals surface area contributed by atoms with Crippen molar-refractivity contribution in [2.75, 3.05) is 33.9 Å². The third-order valence-electron chi connectivity index (χ3n) is 6.41. The monoisotopic (exact) mass is 458 g/mol. The van der Waals surface area contributed by atoms with Crippen LogP contribution >= 0.6 is 0 Å². The lowest BCUT2D eigenvalue weighted by Gasteiger charge is -2.25. The number of ether oxygens (including phenoxy) is 3. The van der Waals surface area contributed by atoms with Gasteiger partial charge in [-0.1, -0.05) is 36.4 Å². The number of para-hydroxylation sites is 1. The van der Waals surface area contributed by atoms with Crippen LogP contribution in [0.4, 0.5) is 0 Å². The molecule has 0 saturated carbocycles. The number of carbonyl (C=O) groups is 2. The largest absolute Gasteiger partial charge is 0.497 e. The number of benzene rings is 3. The van der Waals surface area contributed by atoms with Crippen LogP contribution < -0.4 is 14.2 Å². The summed E-state index contributed by atoms with van der Waals surface area (Å²) >= 11 is 0. The zero-order valence-electron chi connectivity index (χ0n) is 19.1. The highest BCUT2D eigenvalue weighted by Crippen LogP contribution is 2.35. The standard InChI is InChI=1S/C27H26N2O5/c1-28-23-15-29(26(30)17-33-20-8-4-3-5-9-20)16-25(23)34-24-14-19(11-12-22(24)27(28)31)18-7-6-10-21(13-18)32-2/h3-14,23,25H,15-17H2,1-2H3. The number of likely N-dealkylation sites (N-methyl/N-ethyl adjacent to an activating group) is 1. The molecule has 0 aromatic heterocycles. The van der Waals surface area contributed by atoms with E-state index in [1.54, 1.807) is 30.0 Å². The van der Waals surface area contributed by atoms with Crippen LogP contribution in [0.5, 0.6) is 17.2 Å². The van der Waals surface area contributed by atoms with Crippen molar-refractivity contribution in [2.24, 2.45) is 0 Å². The van der Waals surface area contributed by atoms with E-state index >= 15 is 0 Å². The van der Waals surface area contributed by atoms with Crippen molar-refractivity contribution < 1.29 is 23.8 Å². The number of rotatable bonds is 5. The van der Waals surface area contributed by atoms with Crippen LogP contribution in [0.15, 0.2) is 72.8 Å². The van der Waals surface area contributed by atoms with Crippen molar-refractivity contribution in [3.05, 3.63) is 78.4 Å². The summed E-state index contributed by atoms with van der Waals surface area (Å²) < 4.78 is 17.3. The molecule has 2 aliphatic heterocycles. The van der Waals surface area contributed by atoms with Crippen molar-refractivity contribution in [1.82, 2.24) is 9.80 Å². The van der Waals surface area contributed by atoms with Gasteiger partial charge in [0, 0.05) is 13.6 Å². The Balaban J connectivity index is 1.35. The first-order chi connectivity index (χ1) is 16.5. The molecule has 3 aromatic rings. The van der Waals surface area contributed by atoms with Crippen LogP contribution in [0.3, 0.4) is 0 Å². The van der Waals surface area contributed by atoms with Crippen molar-refractivity contribution in [1.29, 1.82) is 0 Å². The molecule has 0 bridgehead atoms. The third kappa shape index (κ3) is 4.17. The van der Waals surface area contributed by atoms with Crippen LogP contribution in [0.1, 0.15) is 10.4 Å². The Morgan fingerprint density at radius 2 is 1.74 bits per heavy atom. The minimum absolute atomic E-state index is 0.0578.